The summed E-state index contributed by atoms with van der Waals surface area (Å²) >= 11 is 3.09. The van der Waals surface area contributed by atoms with Crippen LogP contribution in [0.3, 0.4) is 0 Å². The Hall–Kier alpha value is -1.51. The lowest BCUT2D eigenvalue weighted by Crippen LogP contribution is -2.47. The van der Waals surface area contributed by atoms with Gasteiger partial charge in [-0.2, -0.15) is 0 Å². The van der Waals surface area contributed by atoms with Gasteiger partial charge in [0.1, 0.15) is 10.1 Å². The molecule has 0 unspecified atom stereocenters. The molecule has 0 saturated carbocycles. The molecule has 22 heavy (non-hydrogen) atoms. The van der Waals surface area contributed by atoms with Crippen molar-refractivity contribution in [2.45, 2.75) is 25.7 Å². The van der Waals surface area contributed by atoms with Crippen LogP contribution in [0.4, 0.5) is 4.39 Å². The second-order valence-electron chi connectivity index (χ2n) is 4.76. The minimum atomic E-state index is -4.33. The Morgan fingerprint density at radius 3 is 2.05 bits per heavy atom. The molecule has 0 amide bonds. The quantitative estimate of drug-likeness (QED) is 0.349. The molecular weight excluding hydrogens is 375 g/mol. The van der Waals surface area contributed by atoms with Crippen molar-refractivity contribution in [3.05, 3.63) is 57.6 Å². The first-order valence-corrected chi connectivity index (χ1v) is 8.38. The van der Waals surface area contributed by atoms with E-state index in [-0.39, 0.29) is 4.90 Å². The summed E-state index contributed by atoms with van der Waals surface area (Å²) in [6, 6.07) is 6.33. The van der Waals surface area contributed by atoms with Gasteiger partial charge in [-0.15, -0.1) is 4.39 Å². The van der Waals surface area contributed by atoms with Crippen molar-refractivity contribution in [3.63, 3.8) is 0 Å². The first-order chi connectivity index (χ1) is 10.0. The number of halogens is 2. The number of aryl methyl sites for hydroxylation is 3. The van der Waals surface area contributed by atoms with E-state index in [0.29, 0.717) is 15.6 Å². The highest BCUT2D eigenvalue weighted by atomic mass is 79.9. The first kappa shape index (κ1) is 18.5. The highest BCUT2D eigenvalue weighted by Crippen LogP contribution is 2.20. The largest absolute Gasteiger partial charge is 0.744 e. The average Bonchev–Trinajstić information content (AvgIpc) is 2.31. The molecule has 0 bridgehead atoms. The lowest BCUT2D eigenvalue weighted by atomic mass is 10.1. The first-order valence-electron chi connectivity index (χ1n) is 6.18. The van der Waals surface area contributed by atoms with E-state index < -0.39 is 16.1 Å². The fraction of sp³-hybridized carbons (Fsp3) is 0.214. The molecular formula is C14H16BrFN2O3S. The number of benzene rings is 1. The van der Waals surface area contributed by atoms with Gasteiger partial charge in [0.05, 0.1) is 11.0 Å². The zero-order valence-corrected chi connectivity index (χ0v) is 14.7. The van der Waals surface area contributed by atoms with Crippen LogP contribution in [-0.4, -0.2) is 13.0 Å². The minimum absolute atomic E-state index is 0.0851. The number of nitrogens with zero attached hydrogens (tertiary/aromatic N) is 1. The Bertz CT molecular complexity index is 772. The van der Waals surface area contributed by atoms with Crippen molar-refractivity contribution < 1.29 is 22.0 Å². The summed E-state index contributed by atoms with van der Waals surface area (Å²) in [5.41, 5.74) is 2.00. The minimum Gasteiger partial charge on any atom is -0.744 e. The highest BCUT2D eigenvalue weighted by molar-refractivity contribution is 9.10. The molecule has 0 atom stereocenters. The van der Waals surface area contributed by atoms with E-state index in [2.05, 4.69) is 15.9 Å². The zero-order chi connectivity index (χ0) is 17.1. The predicted octanol–water partition coefficient (Wildman–Crippen LogP) is 2.11. The normalized spacial score (nSPS) is 10.8. The Balaban J connectivity index is 0.000000235. The molecule has 0 aliphatic carbocycles. The number of nitrogens with two attached hydrogens (primary N) is 1. The van der Waals surface area contributed by atoms with Crippen molar-refractivity contribution in [2.24, 2.45) is 0 Å². The molecule has 1 aromatic heterocycles. The van der Waals surface area contributed by atoms with Crippen LogP contribution < -0.4 is 10.5 Å². The summed E-state index contributed by atoms with van der Waals surface area (Å²) in [5.74, 6) is 4.64. The molecule has 1 aromatic carbocycles. The van der Waals surface area contributed by atoms with Crippen LogP contribution in [-0.2, 0) is 10.1 Å². The van der Waals surface area contributed by atoms with E-state index in [1.807, 2.05) is 6.92 Å². The maximum absolute atomic E-state index is 12.4. The van der Waals surface area contributed by atoms with Crippen LogP contribution in [0.15, 0.2) is 39.8 Å². The number of hydrogen-bond donors (Lipinski definition) is 1. The zero-order valence-electron chi connectivity index (χ0n) is 12.3. The molecule has 2 aromatic rings. The molecule has 0 spiro atoms. The Morgan fingerprint density at radius 2 is 1.68 bits per heavy atom. The number of rotatable bonds is 1. The smallest absolute Gasteiger partial charge is 0.388 e. The van der Waals surface area contributed by atoms with Crippen LogP contribution in [0.1, 0.15) is 16.7 Å². The van der Waals surface area contributed by atoms with Gasteiger partial charge in [-0.05, 0) is 31.9 Å². The van der Waals surface area contributed by atoms with E-state index >= 15 is 0 Å². The maximum Gasteiger partial charge on any atom is 0.388 e. The standard InChI is InChI=1S/C9H12O3S.C5H5BrFN2/c1-6-4-7(2)9(8(3)5-6)13(10,11)12;6-4-1-2-9(8)5(7)3-4/h4-5H,1-3H3,(H,10,11,12);1-3H,8H2/q;+1/p-1. The Morgan fingerprint density at radius 1 is 1.18 bits per heavy atom. The molecule has 2 N–H and O–H groups in total. The van der Waals surface area contributed by atoms with Crippen LogP contribution in [0.25, 0.3) is 0 Å². The van der Waals surface area contributed by atoms with Gasteiger partial charge in [0.15, 0.2) is 0 Å². The summed E-state index contributed by atoms with van der Waals surface area (Å²) in [5, 5.41) is 0. The predicted molar refractivity (Wildman–Crippen MR) is 83.1 cm³/mol. The summed E-state index contributed by atoms with van der Waals surface area (Å²) in [6.45, 7) is 5.12. The van der Waals surface area contributed by atoms with Crippen molar-refractivity contribution in [3.8, 4) is 0 Å². The Labute approximate surface area is 137 Å². The summed E-state index contributed by atoms with van der Waals surface area (Å²) < 4.78 is 46.5. The van der Waals surface area contributed by atoms with Gasteiger partial charge in [-0.25, -0.2) is 14.3 Å². The molecule has 0 fully saturated rings. The second-order valence-corrected chi connectivity index (χ2v) is 6.99. The van der Waals surface area contributed by atoms with Crippen molar-refractivity contribution in [1.82, 2.24) is 0 Å². The molecule has 0 aliphatic rings. The molecule has 5 nitrogen and oxygen atoms in total. The SMILES string of the molecule is Cc1cc(C)c(S(=O)(=O)[O-])c(C)c1.N[n+]1ccc(Br)cc1F. The van der Waals surface area contributed by atoms with Gasteiger partial charge in [-0.1, -0.05) is 38.3 Å². The third-order valence-electron chi connectivity index (χ3n) is 2.75. The van der Waals surface area contributed by atoms with Crippen molar-refractivity contribution in [2.75, 3.05) is 5.84 Å². The topological polar surface area (TPSA) is 87.1 Å². The number of aromatic nitrogens is 1. The van der Waals surface area contributed by atoms with E-state index in [0.717, 1.165) is 10.2 Å². The van der Waals surface area contributed by atoms with E-state index in [1.165, 1.54) is 12.3 Å². The molecule has 0 aliphatic heterocycles. The molecule has 1 heterocycles. The van der Waals surface area contributed by atoms with E-state index in [1.54, 1.807) is 32.0 Å². The molecule has 0 radical (unpaired) electrons. The maximum atomic E-state index is 12.4. The van der Waals surface area contributed by atoms with Gasteiger partial charge in [-0.3, -0.25) is 0 Å². The summed E-state index contributed by atoms with van der Waals surface area (Å²) in [6.07, 6.45) is 1.43. The van der Waals surface area contributed by atoms with Gasteiger partial charge in [0.25, 0.3) is 0 Å². The van der Waals surface area contributed by atoms with Crippen LogP contribution in [0.5, 0.6) is 0 Å². The van der Waals surface area contributed by atoms with E-state index in [4.69, 9.17) is 5.84 Å². The molecule has 0 saturated heterocycles. The monoisotopic (exact) mass is 390 g/mol. The lowest BCUT2D eigenvalue weighted by molar-refractivity contribution is -0.669. The molecule has 120 valence electrons. The van der Waals surface area contributed by atoms with Crippen LogP contribution in [0, 0.1) is 26.7 Å². The molecule has 2 rings (SSSR count). The van der Waals surface area contributed by atoms with E-state index in [9.17, 15) is 17.4 Å². The second kappa shape index (κ2) is 7.17. The highest BCUT2D eigenvalue weighted by Gasteiger charge is 2.09. The number of hydrogen-bond acceptors (Lipinski definition) is 4. The van der Waals surface area contributed by atoms with Gasteiger partial charge in [0.2, 0.25) is 6.20 Å². The fourth-order valence-electron chi connectivity index (χ4n) is 2.02. The third-order valence-corrected chi connectivity index (χ3v) is 4.39. The van der Waals surface area contributed by atoms with Gasteiger partial charge in [0, 0.05) is 10.5 Å². The third kappa shape index (κ3) is 5.04. The summed E-state index contributed by atoms with van der Waals surface area (Å²) in [4.78, 5) is -0.0851. The molecule has 8 heteroatoms. The Kier molecular flexibility index (Phi) is 6.04. The summed E-state index contributed by atoms with van der Waals surface area (Å²) in [7, 11) is -4.33. The van der Waals surface area contributed by atoms with Crippen LogP contribution in [0.2, 0.25) is 0 Å². The van der Waals surface area contributed by atoms with Crippen molar-refractivity contribution in [1.29, 1.82) is 0 Å². The number of pyridine rings is 1. The number of nitrogen functional groups attached to an aromatic ring is 1. The van der Waals surface area contributed by atoms with Gasteiger partial charge < -0.3 is 4.55 Å². The van der Waals surface area contributed by atoms with Crippen molar-refractivity contribution >= 4 is 26.0 Å². The average molecular weight is 391 g/mol. The fourth-order valence-corrected chi connectivity index (χ4v) is 3.23. The van der Waals surface area contributed by atoms with Crippen LogP contribution >= 0.6 is 15.9 Å². The lowest BCUT2D eigenvalue weighted by Gasteiger charge is -2.14. The van der Waals surface area contributed by atoms with Gasteiger partial charge >= 0.3 is 5.95 Å².